The second kappa shape index (κ2) is 1.89. The predicted molar refractivity (Wildman–Crippen MR) is 27.9 cm³/mol. The van der Waals surface area contributed by atoms with Gasteiger partial charge in [-0.15, -0.1) is 0 Å². The van der Waals surface area contributed by atoms with Crippen molar-refractivity contribution in [3.05, 3.63) is 0 Å². The van der Waals surface area contributed by atoms with Gasteiger partial charge in [-0.3, -0.25) is 0 Å². The van der Waals surface area contributed by atoms with Gasteiger partial charge in [-0.1, -0.05) is 6.92 Å². The third-order valence-corrected chi connectivity index (χ3v) is 1.84. The quantitative estimate of drug-likeness (QED) is 0.482. The zero-order valence-electron chi connectivity index (χ0n) is 5.20. The molecular weight excluding hydrogens is 129 g/mol. The zero-order valence-corrected chi connectivity index (χ0v) is 5.20. The second-order valence-electron chi connectivity index (χ2n) is 2.82. The zero-order chi connectivity index (χ0) is 7.07. The number of hydrogen-bond acceptors (Lipinski definition) is 0. The van der Waals surface area contributed by atoms with E-state index in [-0.39, 0.29) is 5.92 Å². The monoisotopic (exact) mass is 138 g/mol. The van der Waals surface area contributed by atoms with Gasteiger partial charge in [0.05, 0.1) is 5.92 Å². The van der Waals surface area contributed by atoms with Crippen molar-refractivity contribution in [2.24, 2.45) is 11.8 Å². The largest absolute Gasteiger partial charge is 0.391 e. The van der Waals surface area contributed by atoms with Gasteiger partial charge >= 0.3 is 6.18 Å². The molecule has 0 unspecified atom stereocenters. The Bertz CT molecular complexity index is 99.4. The van der Waals surface area contributed by atoms with Crippen LogP contribution in [0.3, 0.4) is 0 Å². The van der Waals surface area contributed by atoms with Gasteiger partial charge in [-0.2, -0.15) is 13.2 Å². The summed E-state index contributed by atoms with van der Waals surface area (Å²) in [5.74, 6) is -0.705. The summed E-state index contributed by atoms with van der Waals surface area (Å²) in [6, 6.07) is 0. The van der Waals surface area contributed by atoms with Crippen molar-refractivity contribution in [1.29, 1.82) is 0 Å². The first kappa shape index (κ1) is 6.90. The molecule has 3 heteroatoms. The minimum Gasteiger partial charge on any atom is -0.171 e. The first-order chi connectivity index (χ1) is 4.00. The Hall–Kier alpha value is -0.210. The molecule has 1 aliphatic rings. The van der Waals surface area contributed by atoms with Gasteiger partial charge in [0.15, 0.2) is 0 Å². The molecule has 0 radical (unpaired) electrons. The van der Waals surface area contributed by atoms with E-state index in [9.17, 15) is 13.2 Å². The smallest absolute Gasteiger partial charge is 0.171 e. The van der Waals surface area contributed by atoms with Gasteiger partial charge in [-0.05, 0) is 18.8 Å². The van der Waals surface area contributed by atoms with Crippen LogP contribution < -0.4 is 0 Å². The molecule has 0 atom stereocenters. The van der Waals surface area contributed by atoms with E-state index in [1.807, 2.05) is 6.92 Å². The van der Waals surface area contributed by atoms with Crippen molar-refractivity contribution < 1.29 is 13.2 Å². The van der Waals surface area contributed by atoms with Crippen LogP contribution in [0.5, 0.6) is 0 Å². The molecule has 1 rings (SSSR count). The molecule has 9 heavy (non-hydrogen) atoms. The molecule has 0 heterocycles. The molecule has 1 aliphatic carbocycles. The van der Waals surface area contributed by atoms with Gasteiger partial charge in [-0.25, -0.2) is 0 Å². The lowest BCUT2D eigenvalue weighted by Gasteiger charge is -2.33. The minimum atomic E-state index is -3.92. The first-order valence-corrected chi connectivity index (χ1v) is 3.07. The number of hydrogen-bond donors (Lipinski definition) is 0. The van der Waals surface area contributed by atoms with E-state index in [4.69, 9.17) is 0 Å². The van der Waals surface area contributed by atoms with Crippen molar-refractivity contribution in [2.45, 2.75) is 25.9 Å². The maximum Gasteiger partial charge on any atom is 0.391 e. The molecule has 0 N–H and O–H groups in total. The lowest BCUT2D eigenvalue weighted by Crippen LogP contribution is -2.34. The Labute approximate surface area is 52.1 Å². The molecule has 0 saturated heterocycles. The van der Waals surface area contributed by atoms with E-state index in [0.717, 1.165) is 0 Å². The SMILES string of the molecule is CC1CC(C(F)(F)F)C1. The molecule has 0 aliphatic heterocycles. The summed E-state index contributed by atoms with van der Waals surface area (Å²) in [7, 11) is 0. The van der Waals surface area contributed by atoms with Crippen molar-refractivity contribution in [2.75, 3.05) is 0 Å². The fourth-order valence-corrected chi connectivity index (χ4v) is 1.17. The highest BCUT2D eigenvalue weighted by Crippen LogP contribution is 2.44. The predicted octanol–water partition coefficient (Wildman–Crippen LogP) is 2.59. The molecule has 0 bridgehead atoms. The Morgan fingerprint density at radius 1 is 1.22 bits per heavy atom. The van der Waals surface area contributed by atoms with Gasteiger partial charge in [0, 0.05) is 0 Å². The molecule has 54 valence electrons. The molecule has 0 spiro atoms. The van der Waals surface area contributed by atoms with Crippen LogP contribution in [0.2, 0.25) is 0 Å². The minimum absolute atomic E-state index is 0.289. The van der Waals surface area contributed by atoms with Crippen LogP contribution in [0.4, 0.5) is 13.2 Å². The molecular formula is C6H9F3. The van der Waals surface area contributed by atoms with Crippen LogP contribution in [0.25, 0.3) is 0 Å². The van der Waals surface area contributed by atoms with Gasteiger partial charge < -0.3 is 0 Å². The van der Waals surface area contributed by atoms with E-state index in [2.05, 4.69) is 0 Å². The Morgan fingerprint density at radius 2 is 1.67 bits per heavy atom. The highest BCUT2D eigenvalue weighted by molar-refractivity contribution is 4.81. The molecule has 1 saturated carbocycles. The molecule has 0 aromatic heterocycles. The van der Waals surface area contributed by atoms with Crippen LogP contribution in [0.1, 0.15) is 19.8 Å². The third-order valence-electron chi connectivity index (χ3n) is 1.84. The van der Waals surface area contributed by atoms with Crippen LogP contribution >= 0.6 is 0 Å². The van der Waals surface area contributed by atoms with Gasteiger partial charge in [0.25, 0.3) is 0 Å². The summed E-state index contributed by atoms with van der Waals surface area (Å²) in [5, 5.41) is 0. The normalized spacial score (nSPS) is 36.0. The van der Waals surface area contributed by atoms with E-state index >= 15 is 0 Å². The van der Waals surface area contributed by atoms with Crippen molar-refractivity contribution in [3.8, 4) is 0 Å². The average molecular weight is 138 g/mol. The first-order valence-electron chi connectivity index (χ1n) is 3.07. The maximum atomic E-state index is 11.7. The lowest BCUT2D eigenvalue weighted by atomic mass is 9.76. The lowest BCUT2D eigenvalue weighted by molar-refractivity contribution is -0.202. The van der Waals surface area contributed by atoms with E-state index < -0.39 is 12.1 Å². The summed E-state index contributed by atoms with van der Waals surface area (Å²) in [5.41, 5.74) is 0. The number of rotatable bonds is 0. The summed E-state index contributed by atoms with van der Waals surface area (Å²) in [6.07, 6.45) is -3.25. The third kappa shape index (κ3) is 1.37. The van der Waals surface area contributed by atoms with Crippen LogP contribution in [0.15, 0.2) is 0 Å². The van der Waals surface area contributed by atoms with Gasteiger partial charge in [0.1, 0.15) is 0 Å². The topological polar surface area (TPSA) is 0 Å². The Kier molecular flexibility index (Phi) is 1.45. The fourth-order valence-electron chi connectivity index (χ4n) is 1.17. The van der Waals surface area contributed by atoms with Crippen LogP contribution in [0, 0.1) is 11.8 Å². The Balaban J connectivity index is 2.32. The molecule has 0 amide bonds. The molecule has 1 fully saturated rings. The van der Waals surface area contributed by atoms with E-state index in [1.165, 1.54) is 0 Å². The van der Waals surface area contributed by atoms with Crippen molar-refractivity contribution >= 4 is 0 Å². The average Bonchev–Trinajstić information content (AvgIpc) is 1.55. The van der Waals surface area contributed by atoms with E-state index in [0.29, 0.717) is 12.8 Å². The summed E-state index contributed by atoms with van der Waals surface area (Å²) >= 11 is 0. The summed E-state index contributed by atoms with van der Waals surface area (Å²) in [4.78, 5) is 0. The fraction of sp³-hybridized carbons (Fsp3) is 1.00. The van der Waals surface area contributed by atoms with Crippen molar-refractivity contribution in [3.63, 3.8) is 0 Å². The Morgan fingerprint density at radius 3 is 1.78 bits per heavy atom. The van der Waals surface area contributed by atoms with E-state index in [1.54, 1.807) is 0 Å². The maximum absolute atomic E-state index is 11.7. The highest BCUT2D eigenvalue weighted by Gasteiger charge is 2.45. The second-order valence-corrected chi connectivity index (χ2v) is 2.82. The molecule has 0 aromatic rings. The highest BCUT2D eigenvalue weighted by atomic mass is 19.4. The van der Waals surface area contributed by atoms with Gasteiger partial charge in [0.2, 0.25) is 0 Å². The van der Waals surface area contributed by atoms with Crippen LogP contribution in [-0.2, 0) is 0 Å². The molecule has 0 aromatic carbocycles. The number of halogens is 3. The van der Waals surface area contributed by atoms with Crippen molar-refractivity contribution in [1.82, 2.24) is 0 Å². The summed E-state index contributed by atoms with van der Waals surface area (Å²) < 4.78 is 35.0. The molecule has 0 nitrogen and oxygen atoms in total. The summed E-state index contributed by atoms with van der Waals surface area (Å²) in [6.45, 7) is 1.85. The standard InChI is InChI=1S/C6H9F3/c1-4-2-5(3-4)6(7,8)9/h4-5H,2-3H2,1H3. The number of alkyl halides is 3. The van der Waals surface area contributed by atoms with Crippen LogP contribution in [-0.4, -0.2) is 6.18 Å².